The van der Waals surface area contributed by atoms with Crippen LogP contribution in [0.2, 0.25) is 0 Å². The zero-order chi connectivity index (χ0) is 22.0. The number of pyridine rings is 1. The minimum Gasteiger partial charge on any atom is -0.391 e. The number of likely N-dealkylation sites (tertiary alicyclic amines) is 1. The highest BCUT2D eigenvalue weighted by atomic mass is 16.3. The number of anilines is 1. The van der Waals surface area contributed by atoms with Crippen LogP contribution in [0.25, 0.3) is 22.4 Å². The van der Waals surface area contributed by atoms with Gasteiger partial charge in [-0.05, 0) is 56.0 Å². The van der Waals surface area contributed by atoms with Crippen molar-refractivity contribution in [2.75, 3.05) is 18.8 Å². The van der Waals surface area contributed by atoms with Gasteiger partial charge in [0.1, 0.15) is 12.1 Å². The van der Waals surface area contributed by atoms with E-state index in [1.807, 2.05) is 31.2 Å². The molecule has 0 aliphatic carbocycles. The number of nitrogens with zero attached hydrogens (tertiary/aromatic N) is 4. The summed E-state index contributed by atoms with van der Waals surface area (Å²) in [6, 6.07) is 9.47. The summed E-state index contributed by atoms with van der Waals surface area (Å²) in [5.41, 5.74) is 11.8. The van der Waals surface area contributed by atoms with E-state index in [1.165, 1.54) is 0 Å². The average Bonchev–Trinajstić information content (AvgIpc) is 2.78. The highest BCUT2D eigenvalue weighted by Gasteiger charge is 2.24. The van der Waals surface area contributed by atoms with Gasteiger partial charge in [-0.2, -0.15) is 0 Å². The second-order valence-corrected chi connectivity index (χ2v) is 7.95. The maximum atomic E-state index is 13.0. The van der Waals surface area contributed by atoms with Gasteiger partial charge in [-0.15, -0.1) is 0 Å². The minimum absolute atomic E-state index is 0.0392. The third-order valence-electron chi connectivity index (χ3n) is 5.75. The van der Waals surface area contributed by atoms with E-state index in [-0.39, 0.29) is 5.91 Å². The summed E-state index contributed by atoms with van der Waals surface area (Å²) < 4.78 is 0. The molecule has 1 fully saturated rings. The SMILES string of the molecule is CCc1ncnc(-c2ccc(C(=O)N3CCCC(O)C3)c(C)c2)c1-c1ccc(N)nc1. The van der Waals surface area contributed by atoms with Gasteiger partial charge in [0.25, 0.3) is 5.91 Å². The average molecular weight is 418 g/mol. The number of nitrogen functional groups attached to an aromatic ring is 1. The molecule has 0 spiro atoms. The summed E-state index contributed by atoms with van der Waals surface area (Å²) in [5, 5.41) is 9.92. The van der Waals surface area contributed by atoms with Crippen molar-refractivity contribution >= 4 is 11.7 Å². The van der Waals surface area contributed by atoms with E-state index in [4.69, 9.17) is 5.73 Å². The van der Waals surface area contributed by atoms with Crippen molar-refractivity contribution in [1.29, 1.82) is 0 Å². The number of benzene rings is 1. The van der Waals surface area contributed by atoms with Gasteiger partial charge in [0.2, 0.25) is 0 Å². The second-order valence-electron chi connectivity index (χ2n) is 7.95. The van der Waals surface area contributed by atoms with Gasteiger partial charge in [-0.1, -0.05) is 13.0 Å². The molecule has 31 heavy (non-hydrogen) atoms. The summed E-state index contributed by atoms with van der Waals surface area (Å²) in [6.45, 7) is 5.06. The molecule has 4 rings (SSSR count). The van der Waals surface area contributed by atoms with Gasteiger partial charge in [0.15, 0.2) is 0 Å². The van der Waals surface area contributed by atoms with Gasteiger partial charge >= 0.3 is 0 Å². The molecule has 1 aliphatic rings. The van der Waals surface area contributed by atoms with Crippen molar-refractivity contribution in [1.82, 2.24) is 19.9 Å². The first-order valence-corrected chi connectivity index (χ1v) is 10.6. The van der Waals surface area contributed by atoms with Crippen molar-refractivity contribution in [2.45, 2.75) is 39.2 Å². The Morgan fingerprint density at radius 1 is 1.19 bits per heavy atom. The first-order valence-electron chi connectivity index (χ1n) is 10.6. The highest BCUT2D eigenvalue weighted by Crippen LogP contribution is 2.33. The Labute approximate surface area is 182 Å². The number of amides is 1. The first kappa shape index (κ1) is 20.9. The van der Waals surface area contributed by atoms with E-state index in [0.29, 0.717) is 24.5 Å². The van der Waals surface area contributed by atoms with Crippen LogP contribution in [-0.2, 0) is 6.42 Å². The maximum absolute atomic E-state index is 13.0. The summed E-state index contributed by atoms with van der Waals surface area (Å²) in [7, 11) is 0. The lowest BCUT2D eigenvalue weighted by Crippen LogP contribution is -2.42. The molecule has 1 aromatic carbocycles. The lowest BCUT2D eigenvalue weighted by atomic mass is 9.95. The molecule has 2 aromatic heterocycles. The quantitative estimate of drug-likeness (QED) is 0.675. The molecule has 7 heteroatoms. The molecule has 3 aromatic rings. The fourth-order valence-electron chi connectivity index (χ4n) is 4.13. The highest BCUT2D eigenvalue weighted by molar-refractivity contribution is 5.96. The van der Waals surface area contributed by atoms with Crippen molar-refractivity contribution < 1.29 is 9.90 Å². The normalized spacial score (nSPS) is 16.4. The zero-order valence-corrected chi connectivity index (χ0v) is 17.9. The smallest absolute Gasteiger partial charge is 0.254 e. The number of β-amino-alcohol motifs (C(OH)–C–C–N with tert-alkyl or cyclic N) is 1. The largest absolute Gasteiger partial charge is 0.391 e. The Kier molecular flexibility index (Phi) is 5.95. The van der Waals surface area contributed by atoms with Crippen molar-refractivity contribution in [3.05, 3.63) is 59.7 Å². The van der Waals surface area contributed by atoms with Gasteiger partial charge in [0.05, 0.1) is 17.5 Å². The van der Waals surface area contributed by atoms with Crippen LogP contribution in [0.4, 0.5) is 5.82 Å². The fraction of sp³-hybridized carbons (Fsp3) is 0.333. The van der Waals surface area contributed by atoms with Crippen LogP contribution >= 0.6 is 0 Å². The van der Waals surface area contributed by atoms with Crippen molar-refractivity contribution in [3.8, 4) is 22.4 Å². The van der Waals surface area contributed by atoms with E-state index >= 15 is 0 Å². The van der Waals surface area contributed by atoms with Gasteiger partial charge < -0.3 is 15.7 Å². The van der Waals surface area contributed by atoms with Crippen LogP contribution < -0.4 is 5.73 Å². The zero-order valence-electron chi connectivity index (χ0n) is 17.9. The number of rotatable bonds is 4. The number of aryl methyl sites for hydroxylation is 2. The summed E-state index contributed by atoms with van der Waals surface area (Å²) >= 11 is 0. The number of carbonyl (C=O) groups excluding carboxylic acids is 1. The third-order valence-corrected chi connectivity index (χ3v) is 5.75. The van der Waals surface area contributed by atoms with Crippen LogP contribution in [0, 0.1) is 6.92 Å². The second kappa shape index (κ2) is 8.81. The van der Waals surface area contributed by atoms with Crippen LogP contribution in [0.3, 0.4) is 0 Å². The summed E-state index contributed by atoms with van der Waals surface area (Å²) in [4.78, 5) is 28.0. The Balaban J connectivity index is 1.73. The maximum Gasteiger partial charge on any atom is 0.254 e. The minimum atomic E-state index is -0.443. The number of aliphatic hydroxyl groups is 1. The van der Waals surface area contributed by atoms with E-state index in [9.17, 15) is 9.90 Å². The predicted octanol–water partition coefficient (Wildman–Crippen LogP) is 3.26. The lowest BCUT2D eigenvalue weighted by molar-refractivity contribution is 0.0473. The van der Waals surface area contributed by atoms with E-state index in [2.05, 4.69) is 21.9 Å². The van der Waals surface area contributed by atoms with Crippen LogP contribution in [-0.4, -0.2) is 50.1 Å². The molecule has 1 saturated heterocycles. The van der Waals surface area contributed by atoms with Crippen molar-refractivity contribution in [2.24, 2.45) is 0 Å². The predicted molar refractivity (Wildman–Crippen MR) is 120 cm³/mol. The van der Waals surface area contributed by atoms with E-state index in [1.54, 1.807) is 23.5 Å². The van der Waals surface area contributed by atoms with Gasteiger partial charge in [-0.25, -0.2) is 15.0 Å². The number of aromatic nitrogens is 3. The van der Waals surface area contributed by atoms with Gasteiger partial charge in [-0.3, -0.25) is 4.79 Å². The molecule has 0 radical (unpaired) electrons. The topological polar surface area (TPSA) is 105 Å². The molecular weight excluding hydrogens is 390 g/mol. The molecule has 1 aliphatic heterocycles. The molecule has 3 heterocycles. The first-order chi connectivity index (χ1) is 15.0. The van der Waals surface area contributed by atoms with E-state index in [0.717, 1.165) is 52.9 Å². The Hall–Kier alpha value is -3.32. The fourth-order valence-corrected chi connectivity index (χ4v) is 4.13. The number of hydrogen-bond donors (Lipinski definition) is 2. The summed E-state index contributed by atoms with van der Waals surface area (Å²) in [6.07, 6.45) is 5.19. The van der Waals surface area contributed by atoms with E-state index < -0.39 is 6.10 Å². The molecular formula is C24H27N5O2. The summed E-state index contributed by atoms with van der Waals surface area (Å²) in [5.74, 6) is 0.421. The molecule has 7 nitrogen and oxygen atoms in total. The molecule has 1 amide bonds. The lowest BCUT2D eigenvalue weighted by Gasteiger charge is -2.30. The number of piperidine rings is 1. The van der Waals surface area contributed by atoms with Crippen LogP contribution in [0.1, 0.15) is 41.4 Å². The monoisotopic (exact) mass is 417 g/mol. The van der Waals surface area contributed by atoms with Crippen molar-refractivity contribution in [3.63, 3.8) is 0 Å². The number of carbonyl (C=O) groups is 1. The molecule has 1 atom stereocenters. The molecule has 0 saturated carbocycles. The van der Waals surface area contributed by atoms with Gasteiger partial charge in [0, 0.05) is 41.5 Å². The van der Waals surface area contributed by atoms with Crippen LogP contribution in [0.5, 0.6) is 0 Å². The Morgan fingerprint density at radius 3 is 2.68 bits per heavy atom. The van der Waals surface area contributed by atoms with Crippen LogP contribution in [0.15, 0.2) is 42.9 Å². The molecule has 0 bridgehead atoms. The molecule has 160 valence electrons. The standard InChI is InChI=1S/C24H27N5O2/c1-3-20-22(17-7-9-21(25)26-12-17)23(28-14-27-20)16-6-8-19(15(2)11-16)24(31)29-10-4-5-18(30)13-29/h6-9,11-12,14,18,30H,3-5,10,13H2,1-2H3,(H2,25,26). The third kappa shape index (κ3) is 4.27. The number of nitrogens with two attached hydrogens (primary N) is 1. The number of aliphatic hydroxyl groups excluding tert-OH is 1. The molecule has 1 unspecified atom stereocenters. The Bertz CT molecular complexity index is 1100. The number of hydrogen-bond acceptors (Lipinski definition) is 6. The molecule has 3 N–H and O–H groups in total. The Morgan fingerprint density at radius 2 is 2.00 bits per heavy atom.